The van der Waals surface area contributed by atoms with E-state index < -0.39 is 6.10 Å². The van der Waals surface area contributed by atoms with Crippen molar-refractivity contribution < 1.29 is 9.53 Å². The van der Waals surface area contributed by atoms with Crippen molar-refractivity contribution in [3.8, 4) is 5.75 Å². The van der Waals surface area contributed by atoms with Gasteiger partial charge in [0, 0.05) is 11.4 Å². The number of benzene rings is 2. The molecule has 1 fully saturated rings. The van der Waals surface area contributed by atoms with E-state index in [1.54, 1.807) is 0 Å². The van der Waals surface area contributed by atoms with Crippen LogP contribution in [0.1, 0.15) is 51.9 Å². The molecule has 1 unspecified atom stereocenters. The van der Waals surface area contributed by atoms with Gasteiger partial charge in [-0.1, -0.05) is 68.5 Å². The molecule has 1 amide bonds. The van der Waals surface area contributed by atoms with Gasteiger partial charge in [0.1, 0.15) is 5.75 Å². The van der Waals surface area contributed by atoms with Crippen molar-refractivity contribution in [2.75, 3.05) is 0 Å². The summed E-state index contributed by atoms with van der Waals surface area (Å²) in [6.07, 6.45) is 8.03. The maximum Gasteiger partial charge on any atom is 0.260 e. The Morgan fingerprint density at radius 3 is 2.46 bits per heavy atom. The Balaban J connectivity index is 1.62. The van der Waals surface area contributed by atoms with E-state index in [2.05, 4.69) is 17.4 Å². The van der Waals surface area contributed by atoms with Gasteiger partial charge in [0.15, 0.2) is 6.10 Å². The smallest absolute Gasteiger partial charge is 0.260 e. The van der Waals surface area contributed by atoms with E-state index in [-0.39, 0.29) is 5.91 Å². The summed E-state index contributed by atoms with van der Waals surface area (Å²) in [6, 6.07) is 14.4. The average molecular weight is 325 g/mol. The molecule has 0 aromatic heterocycles. The number of carbonyl (C=O) groups is 1. The number of fused-ring (bicyclic) bond motifs is 1. The van der Waals surface area contributed by atoms with Crippen molar-refractivity contribution in [3.05, 3.63) is 42.5 Å². The van der Waals surface area contributed by atoms with Crippen LogP contribution in [0.2, 0.25) is 0 Å². The van der Waals surface area contributed by atoms with Gasteiger partial charge in [-0.05, 0) is 31.2 Å². The lowest BCUT2D eigenvalue weighted by molar-refractivity contribution is -0.128. The number of carbonyl (C=O) groups excluding carboxylic acids is 1. The standard InChI is InChI=1S/C21H27NO2/c1-16(21(23)22-18-12-5-3-2-4-6-13-18)24-20-15-9-11-17-10-7-8-14-19(17)20/h7-11,14-16,18H,2-6,12-13H2,1H3,(H,22,23). The van der Waals surface area contributed by atoms with Crippen LogP contribution in [-0.4, -0.2) is 18.1 Å². The normalized spacial score (nSPS) is 17.7. The van der Waals surface area contributed by atoms with Crippen molar-refractivity contribution in [3.63, 3.8) is 0 Å². The SMILES string of the molecule is CC(Oc1cccc2ccccc12)C(=O)NC1CCCCCCC1. The summed E-state index contributed by atoms with van der Waals surface area (Å²) in [5, 5.41) is 5.37. The van der Waals surface area contributed by atoms with E-state index in [1.807, 2.05) is 37.3 Å². The van der Waals surface area contributed by atoms with E-state index in [1.165, 1.54) is 32.1 Å². The van der Waals surface area contributed by atoms with E-state index in [0.717, 1.165) is 29.4 Å². The molecule has 24 heavy (non-hydrogen) atoms. The summed E-state index contributed by atoms with van der Waals surface area (Å²) in [4.78, 5) is 12.5. The lowest BCUT2D eigenvalue weighted by Gasteiger charge is -2.23. The predicted octanol–water partition coefficient (Wildman–Crippen LogP) is 4.84. The van der Waals surface area contributed by atoms with E-state index in [9.17, 15) is 4.79 Å². The first-order chi connectivity index (χ1) is 11.7. The molecule has 1 aliphatic rings. The third-order valence-corrected chi connectivity index (χ3v) is 4.87. The number of hydrogen-bond donors (Lipinski definition) is 1. The Hall–Kier alpha value is -2.03. The monoisotopic (exact) mass is 325 g/mol. The molecule has 3 rings (SSSR count). The second kappa shape index (κ2) is 8.18. The molecule has 2 aromatic carbocycles. The number of hydrogen-bond acceptors (Lipinski definition) is 2. The van der Waals surface area contributed by atoms with Crippen molar-refractivity contribution in [2.45, 2.75) is 64.0 Å². The third-order valence-electron chi connectivity index (χ3n) is 4.87. The molecule has 3 nitrogen and oxygen atoms in total. The average Bonchev–Trinajstić information content (AvgIpc) is 2.57. The van der Waals surface area contributed by atoms with E-state index in [0.29, 0.717) is 6.04 Å². The van der Waals surface area contributed by atoms with E-state index in [4.69, 9.17) is 4.74 Å². The van der Waals surface area contributed by atoms with E-state index >= 15 is 0 Å². The highest BCUT2D eigenvalue weighted by Gasteiger charge is 2.20. The molecule has 1 atom stereocenters. The highest BCUT2D eigenvalue weighted by atomic mass is 16.5. The van der Waals surface area contributed by atoms with Crippen molar-refractivity contribution in [1.29, 1.82) is 0 Å². The van der Waals surface area contributed by atoms with Gasteiger partial charge < -0.3 is 10.1 Å². The molecule has 0 aliphatic heterocycles. The first kappa shape index (κ1) is 16.8. The summed E-state index contributed by atoms with van der Waals surface area (Å²) in [5.41, 5.74) is 0. The summed E-state index contributed by atoms with van der Waals surface area (Å²) in [5.74, 6) is 0.766. The molecule has 128 valence electrons. The summed E-state index contributed by atoms with van der Waals surface area (Å²) in [7, 11) is 0. The van der Waals surface area contributed by atoms with Crippen LogP contribution >= 0.6 is 0 Å². The number of ether oxygens (including phenoxy) is 1. The molecular weight excluding hydrogens is 298 g/mol. The highest BCUT2D eigenvalue weighted by Crippen LogP contribution is 2.26. The van der Waals surface area contributed by atoms with Crippen LogP contribution in [0.25, 0.3) is 10.8 Å². The first-order valence-corrected chi connectivity index (χ1v) is 9.19. The van der Waals surface area contributed by atoms with Crippen LogP contribution < -0.4 is 10.1 Å². The van der Waals surface area contributed by atoms with Gasteiger partial charge in [0.2, 0.25) is 0 Å². The van der Waals surface area contributed by atoms with Gasteiger partial charge in [-0.15, -0.1) is 0 Å². The molecule has 1 aliphatic carbocycles. The van der Waals surface area contributed by atoms with Crippen LogP contribution in [0.15, 0.2) is 42.5 Å². The van der Waals surface area contributed by atoms with Crippen molar-refractivity contribution in [2.24, 2.45) is 0 Å². The van der Waals surface area contributed by atoms with Gasteiger partial charge in [0.25, 0.3) is 5.91 Å². The van der Waals surface area contributed by atoms with Crippen molar-refractivity contribution >= 4 is 16.7 Å². The molecule has 0 radical (unpaired) electrons. The Morgan fingerprint density at radius 1 is 1.00 bits per heavy atom. The molecular formula is C21H27NO2. The summed E-state index contributed by atoms with van der Waals surface area (Å²) < 4.78 is 5.97. The Bertz CT molecular complexity index is 669. The van der Waals surface area contributed by atoms with Crippen molar-refractivity contribution in [1.82, 2.24) is 5.32 Å². The maximum atomic E-state index is 12.5. The fraction of sp³-hybridized carbons (Fsp3) is 0.476. The van der Waals surface area contributed by atoms with Gasteiger partial charge in [-0.2, -0.15) is 0 Å². The number of amides is 1. The molecule has 0 spiro atoms. The Morgan fingerprint density at radius 2 is 1.67 bits per heavy atom. The lowest BCUT2D eigenvalue weighted by atomic mass is 9.96. The van der Waals surface area contributed by atoms with Gasteiger partial charge in [0.05, 0.1) is 0 Å². The number of nitrogens with one attached hydrogen (secondary N) is 1. The quantitative estimate of drug-likeness (QED) is 0.874. The van der Waals surface area contributed by atoms with Gasteiger partial charge >= 0.3 is 0 Å². The Kier molecular flexibility index (Phi) is 5.73. The molecule has 0 saturated heterocycles. The highest BCUT2D eigenvalue weighted by molar-refractivity contribution is 5.89. The lowest BCUT2D eigenvalue weighted by Crippen LogP contribution is -2.42. The minimum Gasteiger partial charge on any atom is -0.480 e. The zero-order valence-corrected chi connectivity index (χ0v) is 14.5. The Labute approximate surface area is 144 Å². The van der Waals surface area contributed by atoms with Crippen LogP contribution in [0.5, 0.6) is 5.75 Å². The zero-order valence-electron chi connectivity index (χ0n) is 14.5. The maximum absolute atomic E-state index is 12.5. The first-order valence-electron chi connectivity index (χ1n) is 9.19. The molecule has 2 aromatic rings. The van der Waals surface area contributed by atoms with Crippen LogP contribution in [0.3, 0.4) is 0 Å². The molecule has 1 saturated carbocycles. The topological polar surface area (TPSA) is 38.3 Å². The molecule has 0 heterocycles. The fourth-order valence-electron chi connectivity index (χ4n) is 3.46. The fourth-order valence-corrected chi connectivity index (χ4v) is 3.46. The number of rotatable bonds is 4. The van der Waals surface area contributed by atoms with Crippen LogP contribution in [0.4, 0.5) is 0 Å². The van der Waals surface area contributed by atoms with Gasteiger partial charge in [-0.25, -0.2) is 0 Å². The zero-order chi connectivity index (χ0) is 16.8. The van der Waals surface area contributed by atoms with Crippen LogP contribution in [-0.2, 0) is 4.79 Å². The second-order valence-electron chi connectivity index (χ2n) is 6.79. The molecule has 1 N–H and O–H groups in total. The summed E-state index contributed by atoms with van der Waals surface area (Å²) in [6.45, 7) is 1.83. The minimum absolute atomic E-state index is 0.00601. The summed E-state index contributed by atoms with van der Waals surface area (Å²) >= 11 is 0. The van der Waals surface area contributed by atoms with Crippen LogP contribution in [0, 0.1) is 0 Å². The van der Waals surface area contributed by atoms with Gasteiger partial charge in [-0.3, -0.25) is 4.79 Å². The predicted molar refractivity (Wildman–Crippen MR) is 98.3 cm³/mol. The largest absolute Gasteiger partial charge is 0.480 e. The molecule has 0 bridgehead atoms. The minimum atomic E-state index is -0.485. The second-order valence-corrected chi connectivity index (χ2v) is 6.79. The third kappa shape index (κ3) is 4.28. The molecule has 3 heteroatoms.